The van der Waals surface area contributed by atoms with Crippen LogP contribution in [0.4, 0.5) is 5.69 Å². The smallest absolute Gasteiger partial charge is 0.342 e. The van der Waals surface area contributed by atoms with E-state index in [0.29, 0.717) is 59.1 Å². The Morgan fingerprint density at radius 1 is 1.00 bits per heavy atom. The van der Waals surface area contributed by atoms with Gasteiger partial charge in [-0.3, -0.25) is 4.79 Å². The minimum absolute atomic E-state index is 0.206. The van der Waals surface area contributed by atoms with Crippen LogP contribution in [-0.4, -0.2) is 51.6 Å². The van der Waals surface area contributed by atoms with Crippen molar-refractivity contribution >= 4 is 34.2 Å². The topological polar surface area (TPSA) is 99.8 Å². The monoisotopic (exact) mass is 528 g/mol. The van der Waals surface area contributed by atoms with Crippen LogP contribution in [0, 0.1) is 0 Å². The molecule has 3 aromatic carbocycles. The Morgan fingerprint density at radius 2 is 1.77 bits per heavy atom. The standard InChI is InChI=1S/C30H28N2O7/c1-4-37-30(34)26-23-18-21(14-15-25(23)39-28(26)19-10-12-20(35-2)13-11-19)38-17-7-16-32-24-9-6-5-8-22(24)27(29(32)33)31-36-3/h5-6,8-15,18H,4,7,16-17H2,1-3H3/b31-27-. The molecule has 2 heterocycles. The number of anilines is 1. The Kier molecular flexibility index (Phi) is 7.49. The molecule has 0 saturated carbocycles. The normalized spacial score (nSPS) is 13.6. The van der Waals surface area contributed by atoms with Gasteiger partial charge in [0.2, 0.25) is 0 Å². The first-order valence-corrected chi connectivity index (χ1v) is 12.6. The Bertz CT molecular complexity index is 1540. The maximum absolute atomic E-state index is 13.0. The third-order valence-electron chi connectivity index (χ3n) is 6.37. The van der Waals surface area contributed by atoms with Gasteiger partial charge in [0, 0.05) is 23.1 Å². The molecular weight excluding hydrogens is 500 g/mol. The number of methoxy groups -OCH3 is 1. The van der Waals surface area contributed by atoms with E-state index >= 15 is 0 Å². The summed E-state index contributed by atoms with van der Waals surface area (Å²) < 4.78 is 22.7. The lowest BCUT2D eigenvalue weighted by atomic mass is 10.1. The summed E-state index contributed by atoms with van der Waals surface area (Å²) in [7, 11) is 3.01. The van der Waals surface area contributed by atoms with E-state index in [-0.39, 0.29) is 12.5 Å². The van der Waals surface area contributed by atoms with Crippen LogP contribution in [0.25, 0.3) is 22.3 Å². The number of fused-ring (bicyclic) bond motifs is 2. The minimum Gasteiger partial charge on any atom is -0.497 e. The SMILES string of the molecule is CCOC(=O)c1c(-c2ccc(OC)cc2)oc2ccc(OCCCN3C(=O)/C(=N\OC)c4ccccc43)cc12. The van der Waals surface area contributed by atoms with Gasteiger partial charge in [0.05, 0.1) is 26.0 Å². The fourth-order valence-corrected chi connectivity index (χ4v) is 4.59. The highest BCUT2D eigenvalue weighted by atomic mass is 16.6. The van der Waals surface area contributed by atoms with Crippen LogP contribution < -0.4 is 14.4 Å². The van der Waals surface area contributed by atoms with Gasteiger partial charge in [0.25, 0.3) is 5.91 Å². The number of oxime groups is 1. The molecule has 0 bridgehead atoms. The molecule has 1 aliphatic rings. The van der Waals surface area contributed by atoms with E-state index < -0.39 is 5.97 Å². The van der Waals surface area contributed by atoms with Crippen molar-refractivity contribution in [3.8, 4) is 22.8 Å². The van der Waals surface area contributed by atoms with E-state index in [0.717, 1.165) is 16.8 Å². The van der Waals surface area contributed by atoms with E-state index in [9.17, 15) is 9.59 Å². The van der Waals surface area contributed by atoms with Crippen molar-refractivity contribution < 1.29 is 33.1 Å². The van der Waals surface area contributed by atoms with Crippen LogP contribution in [0.1, 0.15) is 29.3 Å². The summed E-state index contributed by atoms with van der Waals surface area (Å²) in [6, 6.07) is 20.1. The van der Waals surface area contributed by atoms with E-state index in [1.165, 1.54) is 7.11 Å². The highest BCUT2D eigenvalue weighted by Gasteiger charge is 2.34. The summed E-state index contributed by atoms with van der Waals surface area (Å²) >= 11 is 0. The molecule has 0 saturated heterocycles. The van der Waals surface area contributed by atoms with Gasteiger partial charge in [-0.15, -0.1) is 0 Å². The van der Waals surface area contributed by atoms with Gasteiger partial charge in [-0.1, -0.05) is 23.4 Å². The molecule has 0 fully saturated rings. The van der Waals surface area contributed by atoms with Gasteiger partial charge in [-0.05, 0) is 61.9 Å². The number of amides is 1. The summed E-state index contributed by atoms with van der Waals surface area (Å²) in [4.78, 5) is 32.4. The number of carbonyl (C=O) groups is 2. The molecule has 39 heavy (non-hydrogen) atoms. The third-order valence-corrected chi connectivity index (χ3v) is 6.37. The second-order valence-electron chi connectivity index (χ2n) is 8.71. The lowest BCUT2D eigenvalue weighted by molar-refractivity contribution is -0.112. The summed E-state index contributed by atoms with van der Waals surface area (Å²) in [6.45, 7) is 2.79. The summed E-state index contributed by atoms with van der Waals surface area (Å²) in [5.41, 5.74) is 3.44. The van der Waals surface area contributed by atoms with E-state index in [1.54, 1.807) is 49.3 Å². The Labute approximate surface area is 225 Å². The van der Waals surface area contributed by atoms with Gasteiger partial charge >= 0.3 is 5.97 Å². The zero-order valence-electron chi connectivity index (χ0n) is 21.9. The predicted octanol–water partition coefficient (Wildman–Crippen LogP) is 5.45. The lowest BCUT2D eigenvalue weighted by Crippen LogP contribution is -2.31. The molecule has 200 valence electrons. The van der Waals surface area contributed by atoms with Gasteiger partial charge in [0.1, 0.15) is 35.5 Å². The number of carbonyl (C=O) groups excluding carboxylic acids is 2. The fourth-order valence-electron chi connectivity index (χ4n) is 4.59. The molecule has 1 aromatic heterocycles. The zero-order valence-corrected chi connectivity index (χ0v) is 21.9. The molecule has 0 atom stereocenters. The van der Waals surface area contributed by atoms with Crippen LogP contribution in [0.5, 0.6) is 11.5 Å². The van der Waals surface area contributed by atoms with Gasteiger partial charge in [0.15, 0.2) is 5.71 Å². The van der Waals surface area contributed by atoms with Crippen molar-refractivity contribution in [2.24, 2.45) is 5.16 Å². The molecule has 9 heteroatoms. The first kappa shape index (κ1) is 25.8. The molecule has 0 aliphatic carbocycles. The number of rotatable bonds is 10. The number of furan rings is 1. The van der Waals surface area contributed by atoms with Crippen molar-refractivity contribution in [3.63, 3.8) is 0 Å². The second kappa shape index (κ2) is 11.3. The summed E-state index contributed by atoms with van der Waals surface area (Å²) in [6.07, 6.45) is 0.575. The van der Waals surface area contributed by atoms with Crippen LogP contribution >= 0.6 is 0 Å². The van der Waals surface area contributed by atoms with Crippen molar-refractivity contribution in [2.75, 3.05) is 38.9 Å². The average molecular weight is 529 g/mol. The van der Waals surface area contributed by atoms with E-state index in [2.05, 4.69) is 5.16 Å². The van der Waals surface area contributed by atoms with Gasteiger partial charge < -0.3 is 28.4 Å². The van der Waals surface area contributed by atoms with Crippen molar-refractivity contribution in [2.45, 2.75) is 13.3 Å². The molecule has 0 radical (unpaired) electrons. The number of benzene rings is 3. The highest BCUT2D eigenvalue weighted by Crippen LogP contribution is 2.37. The van der Waals surface area contributed by atoms with Crippen LogP contribution in [-0.2, 0) is 14.4 Å². The molecule has 0 unspecified atom stereocenters. The molecule has 9 nitrogen and oxygen atoms in total. The van der Waals surface area contributed by atoms with Crippen LogP contribution in [0.2, 0.25) is 0 Å². The van der Waals surface area contributed by atoms with E-state index in [1.807, 2.05) is 36.4 Å². The quantitative estimate of drug-likeness (QED) is 0.153. The fraction of sp³-hybridized carbons (Fsp3) is 0.233. The maximum Gasteiger partial charge on any atom is 0.342 e. The molecule has 1 amide bonds. The van der Waals surface area contributed by atoms with Crippen LogP contribution in [0.15, 0.2) is 76.3 Å². The zero-order chi connectivity index (χ0) is 27.4. The first-order chi connectivity index (χ1) is 19.0. The predicted molar refractivity (Wildman–Crippen MR) is 147 cm³/mol. The van der Waals surface area contributed by atoms with Gasteiger partial charge in [-0.2, -0.15) is 0 Å². The van der Waals surface area contributed by atoms with Gasteiger partial charge in [-0.25, -0.2) is 4.79 Å². The molecule has 1 aliphatic heterocycles. The van der Waals surface area contributed by atoms with E-state index in [4.69, 9.17) is 23.5 Å². The molecule has 5 rings (SSSR count). The lowest BCUT2D eigenvalue weighted by Gasteiger charge is -2.16. The van der Waals surface area contributed by atoms with Crippen molar-refractivity contribution in [1.29, 1.82) is 0 Å². The average Bonchev–Trinajstić information content (AvgIpc) is 3.47. The Hall–Kier alpha value is -4.79. The molecular formula is C30H28N2O7. The number of para-hydroxylation sites is 1. The summed E-state index contributed by atoms with van der Waals surface area (Å²) in [5.74, 6) is 1.01. The number of hydrogen-bond acceptors (Lipinski definition) is 8. The Balaban J connectivity index is 1.34. The summed E-state index contributed by atoms with van der Waals surface area (Å²) in [5, 5.41) is 4.51. The maximum atomic E-state index is 13.0. The number of esters is 1. The highest BCUT2D eigenvalue weighted by molar-refractivity contribution is 6.54. The number of ether oxygens (including phenoxy) is 3. The minimum atomic E-state index is -0.473. The third kappa shape index (κ3) is 5.03. The number of hydrogen-bond donors (Lipinski definition) is 0. The number of nitrogens with zero attached hydrogens (tertiary/aromatic N) is 2. The first-order valence-electron chi connectivity index (χ1n) is 12.6. The second-order valence-corrected chi connectivity index (χ2v) is 8.71. The van der Waals surface area contributed by atoms with Crippen LogP contribution in [0.3, 0.4) is 0 Å². The molecule has 0 spiro atoms. The largest absolute Gasteiger partial charge is 0.497 e. The van der Waals surface area contributed by atoms with Crippen molar-refractivity contribution in [1.82, 2.24) is 0 Å². The molecule has 4 aromatic rings. The van der Waals surface area contributed by atoms with Crippen molar-refractivity contribution in [3.05, 3.63) is 77.9 Å². The Morgan fingerprint density at radius 3 is 2.51 bits per heavy atom. The molecule has 0 N–H and O–H groups in total.